The van der Waals surface area contributed by atoms with Crippen molar-refractivity contribution in [1.29, 1.82) is 0 Å². The number of fused-ring (bicyclic) bond motifs is 3. The molecule has 10 rings (SSSR count). The maximum absolute atomic E-state index is 5.39. The van der Waals surface area contributed by atoms with Gasteiger partial charge in [-0.05, 0) is 80.9 Å². The first kappa shape index (κ1) is 32.7. The summed E-state index contributed by atoms with van der Waals surface area (Å²) < 4.78 is 2.59. The van der Waals surface area contributed by atoms with Crippen LogP contribution in [-0.2, 0) is 0 Å². The molecule has 2 heterocycles. The molecule has 2 nitrogen and oxygen atoms in total. The molecular formula is C52H34N2S. The summed E-state index contributed by atoms with van der Waals surface area (Å²) in [7, 11) is 0. The van der Waals surface area contributed by atoms with Crippen LogP contribution in [0.1, 0.15) is 0 Å². The molecule has 0 fully saturated rings. The van der Waals surface area contributed by atoms with Gasteiger partial charge in [0.1, 0.15) is 0 Å². The Labute approximate surface area is 324 Å². The maximum Gasteiger partial charge on any atom is 0.160 e. The summed E-state index contributed by atoms with van der Waals surface area (Å²) in [6, 6.07) is 73.5. The third kappa shape index (κ3) is 6.31. The number of nitrogens with zero attached hydrogens (tertiary/aromatic N) is 2. The van der Waals surface area contributed by atoms with Crippen molar-refractivity contribution >= 4 is 31.5 Å². The smallest absolute Gasteiger partial charge is 0.160 e. The van der Waals surface area contributed by atoms with Crippen LogP contribution in [0.3, 0.4) is 0 Å². The van der Waals surface area contributed by atoms with E-state index in [2.05, 4.69) is 188 Å². The van der Waals surface area contributed by atoms with E-state index in [4.69, 9.17) is 9.97 Å². The Morgan fingerprint density at radius 1 is 0.291 bits per heavy atom. The van der Waals surface area contributed by atoms with E-state index in [0.717, 1.165) is 55.9 Å². The molecule has 0 aliphatic rings. The number of aromatic nitrogens is 2. The van der Waals surface area contributed by atoms with Crippen LogP contribution in [0.4, 0.5) is 0 Å². The molecule has 8 aromatic carbocycles. The van der Waals surface area contributed by atoms with Crippen LogP contribution in [0.5, 0.6) is 0 Å². The van der Waals surface area contributed by atoms with Gasteiger partial charge < -0.3 is 0 Å². The zero-order valence-electron chi connectivity index (χ0n) is 29.9. The van der Waals surface area contributed by atoms with E-state index in [9.17, 15) is 0 Å². The van der Waals surface area contributed by atoms with E-state index in [0.29, 0.717) is 5.82 Å². The van der Waals surface area contributed by atoms with Crippen LogP contribution in [0.15, 0.2) is 206 Å². The molecule has 0 unspecified atom stereocenters. The van der Waals surface area contributed by atoms with E-state index in [1.165, 1.54) is 36.9 Å². The summed E-state index contributed by atoms with van der Waals surface area (Å²) in [6.45, 7) is 0. The fraction of sp³-hybridized carbons (Fsp3) is 0. The van der Waals surface area contributed by atoms with Gasteiger partial charge in [-0.3, -0.25) is 0 Å². The average Bonchev–Trinajstić information content (AvgIpc) is 3.65. The molecule has 0 saturated heterocycles. The van der Waals surface area contributed by atoms with Crippen LogP contribution < -0.4 is 0 Å². The fourth-order valence-corrected chi connectivity index (χ4v) is 8.68. The second kappa shape index (κ2) is 14.1. The van der Waals surface area contributed by atoms with Crippen LogP contribution in [-0.4, -0.2) is 9.97 Å². The zero-order valence-corrected chi connectivity index (χ0v) is 30.7. The molecule has 0 radical (unpaired) electrons. The Balaban J connectivity index is 1.25. The van der Waals surface area contributed by atoms with Gasteiger partial charge >= 0.3 is 0 Å². The summed E-state index contributed by atoms with van der Waals surface area (Å²) in [4.78, 5) is 10.6. The zero-order chi connectivity index (χ0) is 36.6. The SMILES string of the molecule is c1ccc(-c2ccc(-c3cc(-c4cc(-c5ccccc5)cc(-c5ccc6sc7ccccc7c6c5)c4-c4ccccc4)nc(-c4ccccc4)n3)cc2)cc1. The Bertz CT molecular complexity index is 2940. The van der Waals surface area contributed by atoms with Crippen molar-refractivity contribution in [3.05, 3.63) is 206 Å². The molecule has 0 N–H and O–H groups in total. The average molecular weight is 719 g/mol. The van der Waals surface area contributed by atoms with Gasteiger partial charge in [-0.25, -0.2) is 9.97 Å². The van der Waals surface area contributed by atoms with Crippen LogP contribution in [0.25, 0.3) is 98.6 Å². The largest absolute Gasteiger partial charge is 0.228 e. The van der Waals surface area contributed by atoms with E-state index < -0.39 is 0 Å². The lowest BCUT2D eigenvalue weighted by atomic mass is 9.85. The molecule has 0 saturated carbocycles. The lowest BCUT2D eigenvalue weighted by Crippen LogP contribution is -1.99. The van der Waals surface area contributed by atoms with E-state index in [-0.39, 0.29) is 0 Å². The minimum atomic E-state index is 0.692. The first-order valence-electron chi connectivity index (χ1n) is 18.6. The number of benzene rings is 8. The number of thiophene rings is 1. The molecule has 258 valence electrons. The Morgan fingerprint density at radius 2 is 0.782 bits per heavy atom. The first-order chi connectivity index (χ1) is 27.2. The molecule has 0 aliphatic carbocycles. The number of hydrogen-bond donors (Lipinski definition) is 0. The monoisotopic (exact) mass is 718 g/mol. The van der Waals surface area contributed by atoms with E-state index >= 15 is 0 Å². The second-order valence-corrected chi connectivity index (χ2v) is 14.8. The van der Waals surface area contributed by atoms with Gasteiger partial charge in [0.05, 0.1) is 11.4 Å². The van der Waals surface area contributed by atoms with Gasteiger partial charge in [0, 0.05) is 36.9 Å². The molecule has 10 aromatic rings. The van der Waals surface area contributed by atoms with Crippen molar-refractivity contribution in [3.8, 4) is 78.4 Å². The van der Waals surface area contributed by atoms with Gasteiger partial charge in [-0.15, -0.1) is 11.3 Å². The number of rotatable bonds is 7. The molecule has 2 aromatic heterocycles. The van der Waals surface area contributed by atoms with Crippen LogP contribution in [0.2, 0.25) is 0 Å². The third-order valence-corrected chi connectivity index (χ3v) is 11.5. The van der Waals surface area contributed by atoms with Crippen molar-refractivity contribution in [2.75, 3.05) is 0 Å². The normalized spacial score (nSPS) is 11.3. The van der Waals surface area contributed by atoms with Crippen molar-refractivity contribution in [2.45, 2.75) is 0 Å². The predicted octanol–water partition coefficient (Wildman–Crippen LogP) is 14.5. The second-order valence-electron chi connectivity index (χ2n) is 13.8. The van der Waals surface area contributed by atoms with Gasteiger partial charge in [0.2, 0.25) is 0 Å². The van der Waals surface area contributed by atoms with Crippen LogP contribution >= 0.6 is 11.3 Å². The lowest BCUT2D eigenvalue weighted by Gasteiger charge is -2.20. The quantitative estimate of drug-likeness (QED) is 0.164. The minimum absolute atomic E-state index is 0.692. The first-order valence-corrected chi connectivity index (χ1v) is 19.4. The van der Waals surface area contributed by atoms with Gasteiger partial charge in [-0.2, -0.15) is 0 Å². The molecule has 0 spiro atoms. The van der Waals surface area contributed by atoms with Crippen molar-refractivity contribution in [2.24, 2.45) is 0 Å². The standard InChI is InChI=1S/C52H34N2S/c1-5-15-35(16-6-1)37-25-27-38(28-26-37)47-34-48(54-52(53-47)40-21-11-4-12-22-40)46-33-42(36-17-7-2-8-18-36)32-44(51(46)39-19-9-3-10-20-39)41-29-30-50-45(31-41)43-23-13-14-24-49(43)55-50/h1-34H. The Morgan fingerprint density at radius 3 is 1.47 bits per heavy atom. The number of hydrogen-bond acceptors (Lipinski definition) is 3. The van der Waals surface area contributed by atoms with Gasteiger partial charge in [0.15, 0.2) is 5.82 Å². The summed E-state index contributed by atoms with van der Waals surface area (Å²) in [6.07, 6.45) is 0. The summed E-state index contributed by atoms with van der Waals surface area (Å²) in [5.41, 5.74) is 14.1. The van der Waals surface area contributed by atoms with Crippen LogP contribution in [0, 0.1) is 0 Å². The van der Waals surface area contributed by atoms with E-state index in [1.54, 1.807) is 0 Å². The van der Waals surface area contributed by atoms with Gasteiger partial charge in [-0.1, -0.05) is 170 Å². The molecule has 0 bridgehead atoms. The van der Waals surface area contributed by atoms with Crippen molar-refractivity contribution in [3.63, 3.8) is 0 Å². The summed E-state index contributed by atoms with van der Waals surface area (Å²) >= 11 is 1.85. The molecular weight excluding hydrogens is 685 g/mol. The minimum Gasteiger partial charge on any atom is -0.228 e. The van der Waals surface area contributed by atoms with Crippen molar-refractivity contribution < 1.29 is 0 Å². The summed E-state index contributed by atoms with van der Waals surface area (Å²) in [5, 5.41) is 2.56. The topological polar surface area (TPSA) is 25.8 Å². The molecule has 0 amide bonds. The maximum atomic E-state index is 5.39. The molecule has 3 heteroatoms. The molecule has 0 atom stereocenters. The Hall–Kier alpha value is -6.94. The van der Waals surface area contributed by atoms with E-state index in [1.807, 2.05) is 29.5 Å². The van der Waals surface area contributed by atoms with Gasteiger partial charge in [0.25, 0.3) is 0 Å². The fourth-order valence-electron chi connectivity index (χ4n) is 7.59. The molecule has 55 heavy (non-hydrogen) atoms. The molecule has 0 aliphatic heterocycles. The highest BCUT2D eigenvalue weighted by atomic mass is 32.1. The highest BCUT2D eigenvalue weighted by Crippen LogP contribution is 2.45. The Kier molecular flexibility index (Phi) is 8.40. The third-order valence-electron chi connectivity index (χ3n) is 10.3. The summed E-state index contributed by atoms with van der Waals surface area (Å²) in [5.74, 6) is 0.692. The van der Waals surface area contributed by atoms with Crippen molar-refractivity contribution in [1.82, 2.24) is 9.97 Å². The highest BCUT2D eigenvalue weighted by Gasteiger charge is 2.21. The highest BCUT2D eigenvalue weighted by molar-refractivity contribution is 7.25. The predicted molar refractivity (Wildman–Crippen MR) is 233 cm³/mol. The lowest BCUT2D eigenvalue weighted by molar-refractivity contribution is 1.18.